The minimum atomic E-state index is 0.319. The number of hydrogen-bond acceptors (Lipinski definition) is 1. The van der Waals surface area contributed by atoms with E-state index in [0.29, 0.717) is 22.5 Å². The van der Waals surface area contributed by atoms with Crippen molar-refractivity contribution in [3.8, 4) is 39.7 Å². The molecule has 0 N–H and O–H groups in total. The van der Waals surface area contributed by atoms with Crippen molar-refractivity contribution in [1.82, 2.24) is 9.13 Å². The van der Waals surface area contributed by atoms with Crippen LogP contribution in [-0.4, -0.2) is 9.13 Å². The maximum Gasteiger partial charge on any atom is 0.212 e. The summed E-state index contributed by atoms with van der Waals surface area (Å²) in [7, 11) is 0. The molecule has 0 fully saturated rings. The van der Waals surface area contributed by atoms with Gasteiger partial charge in [-0.1, -0.05) is 103 Å². The number of para-hydroxylation sites is 4. The lowest BCUT2D eigenvalue weighted by atomic mass is 9.90. The number of hydrogen-bond donors (Lipinski definition) is 0. The predicted octanol–water partition coefficient (Wildman–Crippen LogP) is 12.2. The van der Waals surface area contributed by atoms with Crippen molar-refractivity contribution in [2.24, 2.45) is 0 Å². The molecule has 5 nitrogen and oxygen atoms in total. The molecule has 0 saturated carbocycles. The number of nitrogens with zero attached hydrogens (tertiary/aromatic N) is 5. The van der Waals surface area contributed by atoms with E-state index in [2.05, 4.69) is 116 Å². The van der Waals surface area contributed by atoms with Crippen molar-refractivity contribution in [2.75, 3.05) is 0 Å². The van der Waals surface area contributed by atoms with Crippen LogP contribution in [0, 0.1) is 24.5 Å². The lowest BCUT2D eigenvalue weighted by Crippen LogP contribution is -1.99. The van der Waals surface area contributed by atoms with Crippen LogP contribution in [0.1, 0.15) is 5.56 Å². The Bertz CT molecular complexity index is 2900. The summed E-state index contributed by atoms with van der Waals surface area (Å²) >= 11 is 0. The van der Waals surface area contributed by atoms with Gasteiger partial charge in [0.15, 0.2) is 5.69 Å². The van der Waals surface area contributed by atoms with Gasteiger partial charge in [0.1, 0.15) is 0 Å². The summed E-state index contributed by atoms with van der Waals surface area (Å²) in [5.74, 6) is 0. The van der Waals surface area contributed by atoms with E-state index in [1.54, 1.807) is 6.07 Å². The molecule has 0 unspecified atom stereocenters. The molecule has 0 atom stereocenters. The second-order valence-electron chi connectivity index (χ2n) is 12.2. The zero-order valence-electron chi connectivity index (χ0n) is 26.7. The van der Waals surface area contributed by atoms with Gasteiger partial charge >= 0.3 is 0 Å². The Balaban J connectivity index is 1.28. The van der Waals surface area contributed by atoms with Crippen molar-refractivity contribution in [2.45, 2.75) is 0 Å². The van der Waals surface area contributed by atoms with Gasteiger partial charge in [0.2, 0.25) is 5.69 Å². The van der Waals surface area contributed by atoms with Crippen molar-refractivity contribution in [3.63, 3.8) is 0 Å². The third kappa shape index (κ3) is 4.24. The van der Waals surface area contributed by atoms with E-state index in [0.717, 1.165) is 60.9 Å². The molecule has 0 aliphatic heterocycles. The van der Waals surface area contributed by atoms with Crippen LogP contribution in [-0.2, 0) is 0 Å². The smallest absolute Gasteiger partial charge is 0.212 e. The second kappa shape index (κ2) is 11.4. The number of aromatic nitrogens is 2. The van der Waals surface area contributed by atoms with Crippen LogP contribution in [0.4, 0.5) is 11.4 Å². The zero-order chi connectivity index (χ0) is 33.8. The largest absolute Gasteiger partial charge is 0.309 e. The van der Waals surface area contributed by atoms with Crippen LogP contribution in [0.25, 0.3) is 86.9 Å². The highest BCUT2D eigenvalue weighted by atomic mass is 15.0. The fourth-order valence-electron chi connectivity index (χ4n) is 7.47. The standard InChI is InChI=1S/C45H25N5/c1-47-31-22-26-43-38(27-31)36-13-5-9-17-41(36)50(43)42-18-10-6-14-37(42)44-33(25-21-30(28-46)45(44)48-2)29-19-23-32(24-20-29)49-39-15-7-3-11-34(39)35-12-4-8-16-40(35)49/h3-27H. The van der Waals surface area contributed by atoms with E-state index < -0.39 is 0 Å². The minimum Gasteiger partial charge on any atom is -0.309 e. The molecule has 230 valence electrons. The van der Waals surface area contributed by atoms with Gasteiger partial charge in [0, 0.05) is 21.8 Å². The first kappa shape index (κ1) is 28.8. The summed E-state index contributed by atoms with van der Waals surface area (Å²) in [5, 5.41) is 14.6. The molecule has 9 rings (SSSR count). The lowest BCUT2D eigenvalue weighted by Gasteiger charge is -2.19. The third-order valence-electron chi connectivity index (χ3n) is 9.63. The van der Waals surface area contributed by atoms with Gasteiger partial charge in [-0.15, -0.1) is 0 Å². The quantitative estimate of drug-likeness (QED) is 0.177. The summed E-state index contributed by atoms with van der Waals surface area (Å²) < 4.78 is 4.49. The molecule has 2 aromatic heterocycles. The zero-order valence-corrected chi connectivity index (χ0v) is 26.7. The molecule has 0 radical (unpaired) electrons. The summed E-state index contributed by atoms with van der Waals surface area (Å²) in [6.07, 6.45) is 0. The fourth-order valence-corrected chi connectivity index (χ4v) is 7.47. The minimum absolute atomic E-state index is 0.319. The van der Waals surface area contributed by atoms with E-state index in [4.69, 9.17) is 13.1 Å². The Morgan fingerprint density at radius 3 is 1.72 bits per heavy atom. The highest BCUT2D eigenvalue weighted by Gasteiger charge is 2.22. The monoisotopic (exact) mass is 635 g/mol. The Morgan fingerprint density at radius 1 is 0.500 bits per heavy atom. The van der Waals surface area contributed by atoms with Gasteiger partial charge in [0.25, 0.3) is 0 Å². The number of rotatable bonds is 4. The average Bonchev–Trinajstić information content (AvgIpc) is 3.70. The van der Waals surface area contributed by atoms with Crippen molar-refractivity contribution < 1.29 is 0 Å². The normalized spacial score (nSPS) is 11.1. The molecule has 0 saturated heterocycles. The van der Waals surface area contributed by atoms with Crippen LogP contribution in [0.15, 0.2) is 152 Å². The molecule has 0 bridgehead atoms. The maximum atomic E-state index is 10.2. The molecule has 0 aliphatic carbocycles. The molecule has 0 spiro atoms. The second-order valence-corrected chi connectivity index (χ2v) is 12.2. The fraction of sp³-hybridized carbons (Fsp3) is 0. The van der Waals surface area contributed by atoms with Gasteiger partial charge in [-0.05, 0) is 76.2 Å². The summed E-state index contributed by atoms with van der Waals surface area (Å²) in [6.45, 7) is 15.9. The number of nitriles is 1. The van der Waals surface area contributed by atoms with E-state index in [1.165, 1.54) is 10.8 Å². The van der Waals surface area contributed by atoms with Crippen molar-refractivity contribution in [1.29, 1.82) is 5.26 Å². The highest BCUT2D eigenvalue weighted by Crippen LogP contribution is 2.46. The van der Waals surface area contributed by atoms with E-state index in [1.807, 2.05) is 54.6 Å². The Morgan fingerprint density at radius 2 is 1.08 bits per heavy atom. The summed E-state index contributed by atoms with van der Waals surface area (Å²) in [6, 6.07) is 53.4. The number of benzene rings is 7. The van der Waals surface area contributed by atoms with Crippen LogP contribution in [0.5, 0.6) is 0 Å². The van der Waals surface area contributed by atoms with Gasteiger partial charge in [-0.3, -0.25) is 0 Å². The molecular weight excluding hydrogens is 611 g/mol. The van der Waals surface area contributed by atoms with Gasteiger partial charge < -0.3 is 9.13 Å². The van der Waals surface area contributed by atoms with Crippen LogP contribution in [0.3, 0.4) is 0 Å². The predicted molar refractivity (Wildman–Crippen MR) is 203 cm³/mol. The van der Waals surface area contributed by atoms with E-state index in [9.17, 15) is 5.26 Å². The molecule has 9 aromatic rings. The van der Waals surface area contributed by atoms with E-state index >= 15 is 0 Å². The van der Waals surface area contributed by atoms with Gasteiger partial charge in [-0.2, -0.15) is 5.26 Å². The molecule has 2 heterocycles. The molecule has 0 aliphatic rings. The molecular formula is C45H25N5. The van der Waals surface area contributed by atoms with Gasteiger partial charge in [0.05, 0.1) is 52.5 Å². The van der Waals surface area contributed by atoms with Crippen LogP contribution < -0.4 is 0 Å². The highest BCUT2D eigenvalue weighted by molar-refractivity contribution is 6.12. The lowest BCUT2D eigenvalue weighted by molar-refractivity contribution is 1.18. The molecule has 5 heteroatoms. The van der Waals surface area contributed by atoms with Crippen molar-refractivity contribution in [3.05, 3.63) is 180 Å². The Kier molecular flexibility index (Phi) is 6.56. The van der Waals surface area contributed by atoms with Crippen molar-refractivity contribution >= 4 is 55.0 Å². The molecule has 50 heavy (non-hydrogen) atoms. The van der Waals surface area contributed by atoms with E-state index in [-0.39, 0.29) is 0 Å². The maximum absolute atomic E-state index is 10.2. The first-order valence-corrected chi connectivity index (χ1v) is 16.2. The van der Waals surface area contributed by atoms with Gasteiger partial charge in [-0.25, -0.2) is 9.69 Å². The molecule has 7 aromatic carbocycles. The summed E-state index contributed by atoms with van der Waals surface area (Å²) in [4.78, 5) is 7.67. The SMILES string of the molecule is [C-]#[N+]c1ccc2c(c1)c1ccccc1n2-c1ccccc1-c1c(-c2ccc(-n3c4ccccc4c4ccccc43)cc2)ccc(C#N)c1[N+]#[C-]. The first-order valence-electron chi connectivity index (χ1n) is 16.2. The first-order chi connectivity index (χ1) is 24.7. The average molecular weight is 636 g/mol. The van der Waals surface area contributed by atoms with Crippen LogP contribution >= 0.6 is 0 Å². The molecule has 0 amide bonds. The summed E-state index contributed by atoms with van der Waals surface area (Å²) in [5.41, 5.74) is 10.8. The van der Waals surface area contributed by atoms with Crippen LogP contribution in [0.2, 0.25) is 0 Å². The topological polar surface area (TPSA) is 42.4 Å². The number of fused-ring (bicyclic) bond motifs is 6. The Hall–Kier alpha value is -7.39. The Labute approximate surface area is 288 Å². The third-order valence-corrected chi connectivity index (χ3v) is 9.63.